The molecule has 102 valence electrons. The van der Waals surface area contributed by atoms with Crippen LogP contribution >= 0.6 is 0 Å². The van der Waals surface area contributed by atoms with E-state index in [4.69, 9.17) is 13.9 Å². The molecule has 2 rings (SSSR count). The van der Waals surface area contributed by atoms with E-state index in [0.29, 0.717) is 13.1 Å². The van der Waals surface area contributed by atoms with Gasteiger partial charge in [-0.25, -0.2) is 0 Å². The molecule has 2 aromatic rings. The number of nitrogens with one attached hydrogen (secondary N) is 1. The van der Waals surface area contributed by atoms with Crippen molar-refractivity contribution in [2.75, 3.05) is 14.2 Å². The first-order chi connectivity index (χ1) is 9.22. The third-order valence-electron chi connectivity index (χ3n) is 2.90. The number of methoxy groups -OCH3 is 2. The lowest BCUT2D eigenvalue weighted by atomic mass is 10.2. The van der Waals surface area contributed by atoms with Crippen molar-refractivity contribution in [2.45, 2.75) is 20.0 Å². The highest BCUT2D eigenvalue weighted by Gasteiger charge is 2.05. The van der Waals surface area contributed by atoms with Gasteiger partial charge in [-0.2, -0.15) is 0 Å². The first kappa shape index (κ1) is 13.5. The molecule has 19 heavy (non-hydrogen) atoms. The lowest BCUT2D eigenvalue weighted by Gasteiger charge is -2.10. The molecule has 0 aliphatic rings. The Bertz CT molecular complexity index is 534. The maximum Gasteiger partial charge on any atom is 0.123 e. The quantitative estimate of drug-likeness (QED) is 0.868. The molecule has 1 aromatic heterocycles. The molecule has 0 atom stereocenters. The largest absolute Gasteiger partial charge is 0.497 e. The molecule has 1 N–H and O–H groups in total. The molecule has 1 heterocycles. The average Bonchev–Trinajstić information content (AvgIpc) is 2.84. The van der Waals surface area contributed by atoms with Gasteiger partial charge in [-0.15, -0.1) is 0 Å². The predicted octanol–water partition coefficient (Wildman–Crippen LogP) is 2.90. The summed E-state index contributed by atoms with van der Waals surface area (Å²) in [6.07, 6.45) is 0. The molecule has 0 saturated carbocycles. The normalized spacial score (nSPS) is 10.5. The van der Waals surface area contributed by atoms with Gasteiger partial charge in [-0.3, -0.25) is 0 Å². The molecule has 0 amide bonds. The van der Waals surface area contributed by atoms with E-state index in [1.54, 1.807) is 14.2 Å². The van der Waals surface area contributed by atoms with Crippen LogP contribution in [0, 0.1) is 6.92 Å². The van der Waals surface area contributed by atoms with Gasteiger partial charge in [0.05, 0.1) is 20.8 Å². The van der Waals surface area contributed by atoms with Crippen LogP contribution in [-0.2, 0) is 13.1 Å². The number of aryl methyl sites for hydroxylation is 1. The van der Waals surface area contributed by atoms with Crippen LogP contribution in [-0.4, -0.2) is 14.2 Å². The fourth-order valence-electron chi connectivity index (χ4n) is 1.92. The summed E-state index contributed by atoms with van der Waals surface area (Å²) in [4.78, 5) is 0. The molecule has 1 aromatic carbocycles. The van der Waals surface area contributed by atoms with E-state index in [2.05, 4.69) is 5.32 Å². The molecular formula is C15H19NO3. The number of ether oxygens (including phenoxy) is 2. The van der Waals surface area contributed by atoms with Crippen molar-refractivity contribution in [2.24, 2.45) is 0 Å². The third-order valence-corrected chi connectivity index (χ3v) is 2.90. The van der Waals surface area contributed by atoms with Gasteiger partial charge in [0.25, 0.3) is 0 Å². The van der Waals surface area contributed by atoms with Gasteiger partial charge in [-0.05, 0) is 37.3 Å². The van der Waals surface area contributed by atoms with Crippen molar-refractivity contribution in [3.63, 3.8) is 0 Å². The fraction of sp³-hybridized carbons (Fsp3) is 0.333. The van der Waals surface area contributed by atoms with E-state index >= 15 is 0 Å². The summed E-state index contributed by atoms with van der Waals surface area (Å²) >= 11 is 0. The highest BCUT2D eigenvalue weighted by atomic mass is 16.5. The Morgan fingerprint density at radius 3 is 2.53 bits per heavy atom. The Labute approximate surface area is 113 Å². The van der Waals surface area contributed by atoms with E-state index in [9.17, 15) is 0 Å². The summed E-state index contributed by atoms with van der Waals surface area (Å²) in [5.74, 6) is 3.53. The number of furan rings is 1. The maximum atomic E-state index is 5.50. The van der Waals surface area contributed by atoms with Crippen LogP contribution in [0.3, 0.4) is 0 Å². The lowest BCUT2D eigenvalue weighted by Crippen LogP contribution is -2.13. The minimum Gasteiger partial charge on any atom is -0.497 e. The zero-order chi connectivity index (χ0) is 13.7. The van der Waals surface area contributed by atoms with Crippen molar-refractivity contribution in [1.29, 1.82) is 0 Å². The number of benzene rings is 1. The Hall–Kier alpha value is -1.94. The average molecular weight is 261 g/mol. The van der Waals surface area contributed by atoms with E-state index in [0.717, 1.165) is 28.6 Å². The molecule has 0 radical (unpaired) electrons. The summed E-state index contributed by atoms with van der Waals surface area (Å²) in [6, 6.07) is 9.71. The second-order valence-corrected chi connectivity index (χ2v) is 4.29. The van der Waals surface area contributed by atoms with Gasteiger partial charge in [0, 0.05) is 12.1 Å². The van der Waals surface area contributed by atoms with Gasteiger partial charge >= 0.3 is 0 Å². The third kappa shape index (κ3) is 3.51. The van der Waals surface area contributed by atoms with Crippen LogP contribution in [0.4, 0.5) is 0 Å². The van der Waals surface area contributed by atoms with Crippen LogP contribution in [0.2, 0.25) is 0 Å². The smallest absolute Gasteiger partial charge is 0.123 e. The summed E-state index contributed by atoms with van der Waals surface area (Å²) in [5.41, 5.74) is 1.06. The van der Waals surface area contributed by atoms with Crippen molar-refractivity contribution in [3.8, 4) is 11.5 Å². The van der Waals surface area contributed by atoms with Crippen molar-refractivity contribution >= 4 is 0 Å². The molecular weight excluding hydrogens is 242 g/mol. The van der Waals surface area contributed by atoms with E-state index < -0.39 is 0 Å². The predicted molar refractivity (Wildman–Crippen MR) is 73.5 cm³/mol. The molecule has 0 fully saturated rings. The van der Waals surface area contributed by atoms with Crippen LogP contribution in [0.15, 0.2) is 34.7 Å². The van der Waals surface area contributed by atoms with Crippen molar-refractivity contribution in [3.05, 3.63) is 47.4 Å². The van der Waals surface area contributed by atoms with Crippen molar-refractivity contribution < 1.29 is 13.9 Å². The van der Waals surface area contributed by atoms with Crippen LogP contribution in [0.1, 0.15) is 17.1 Å². The molecule has 0 unspecified atom stereocenters. The van der Waals surface area contributed by atoms with Crippen LogP contribution < -0.4 is 14.8 Å². The molecule has 0 aliphatic carbocycles. The monoisotopic (exact) mass is 261 g/mol. The zero-order valence-corrected chi connectivity index (χ0v) is 11.5. The summed E-state index contributed by atoms with van der Waals surface area (Å²) < 4.78 is 16.1. The van der Waals surface area contributed by atoms with Gasteiger partial charge in [0.2, 0.25) is 0 Å². The lowest BCUT2D eigenvalue weighted by molar-refractivity contribution is 0.395. The maximum absolute atomic E-state index is 5.50. The van der Waals surface area contributed by atoms with Gasteiger partial charge in [0.1, 0.15) is 23.0 Å². The summed E-state index contributed by atoms with van der Waals surface area (Å²) in [7, 11) is 3.33. The van der Waals surface area contributed by atoms with Crippen molar-refractivity contribution in [1.82, 2.24) is 5.32 Å². The first-order valence-corrected chi connectivity index (χ1v) is 6.20. The molecule has 4 heteroatoms. The number of rotatable bonds is 6. The Balaban J connectivity index is 1.98. The highest BCUT2D eigenvalue weighted by Crippen LogP contribution is 2.23. The SMILES string of the molecule is COc1ccc(OC)c(CNCc2ccc(C)o2)c1. The molecule has 0 spiro atoms. The Morgan fingerprint density at radius 1 is 1.05 bits per heavy atom. The molecule has 0 bridgehead atoms. The van der Waals surface area contributed by atoms with Gasteiger partial charge < -0.3 is 19.2 Å². The standard InChI is InChI=1S/C15H19NO3/c1-11-4-5-14(19-11)10-16-9-12-8-13(17-2)6-7-15(12)18-3/h4-8,16H,9-10H2,1-3H3. The topological polar surface area (TPSA) is 43.6 Å². The molecule has 0 aliphatic heterocycles. The number of hydrogen-bond acceptors (Lipinski definition) is 4. The number of hydrogen-bond donors (Lipinski definition) is 1. The molecule has 4 nitrogen and oxygen atoms in total. The highest BCUT2D eigenvalue weighted by molar-refractivity contribution is 5.40. The second kappa shape index (κ2) is 6.29. The second-order valence-electron chi connectivity index (χ2n) is 4.29. The first-order valence-electron chi connectivity index (χ1n) is 6.20. The zero-order valence-electron chi connectivity index (χ0n) is 11.5. The Morgan fingerprint density at radius 2 is 1.89 bits per heavy atom. The van der Waals surface area contributed by atoms with Gasteiger partial charge in [0.15, 0.2) is 0 Å². The van der Waals surface area contributed by atoms with E-state index in [-0.39, 0.29) is 0 Å². The minimum absolute atomic E-state index is 0.689. The van der Waals surface area contributed by atoms with Gasteiger partial charge in [-0.1, -0.05) is 0 Å². The summed E-state index contributed by atoms with van der Waals surface area (Å²) in [5, 5.41) is 3.33. The van der Waals surface area contributed by atoms with Crippen LogP contribution in [0.5, 0.6) is 11.5 Å². The molecule has 0 saturated heterocycles. The Kier molecular flexibility index (Phi) is 4.47. The minimum atomic E-state index is 0.689. The van der Waals surface area contributed by atoms with E-state index in [1.165, 1.54) is 0 Å². The fourth-order valence-corrected chi connectivity index (χ4v) is 1.92. The van der Waals surface area contributed by atoms with Crippen LogP contribution in [0.25, 0.3) is 0 Å². The summed E-state index contributed by atoms with van der Waals surface area (Å²) in [6.45, 7) is 3.32. The van der Waals surface area contributed by atoms with E-state index in [1.807, 2.05) is 37.3 Å².